The van der Waals surface area contributed by atoms with Gasteiger partial charge in [-0.1, -0.05) is 42.5 Å². The molecule has 0 fully saturated rings. The molecular formula is C20H16FN3O. The van der Waals surface area contributed by atoms with Gasteiger partial charge < -0.3 is 4.57 Å². The van der Waals surface area contributed by atoms with Gasteiger partial charge in [0.15, 0.2) is 0 Å². The second kappa shape index (κ2) is 6.02. The molecule has 0 saturated carbocycles. The Balaban J connectivity index is 1.85. The highest BCUT2D eigenvalue weighted by Crippen LogP contribution is 2.24. The minimum Gasteiger partial charge on any atom is -0.318 e. The van der Waals surface area contributed by atoms with Crippen molar-refractivity contribution in [3.63, 3.8) is 0 Å². The van der Waals surface area contributed by atoms with Gasteiger partial charge in [0, 0.05) is 18.6 Å². The van der Waals surface area contributed by atoms with Crippen molar-refractivity contribution in [1.29, 1.82) is 0 Å². The molecule has 2 heterocycles. The van der Waals surface area contributed by atoms with Crippen molar-refractivity contribution in [1.82, 2.24) is 14.3 Å². The van der Waals surface area contributed by atoms with Crippen LogP contribution in [0.5, 0.6) is 0 Å². The smallest absolute Gasteiger partial charge is 0.261 e. The van der Waals surface area contributed by atoms with Crippen molar-refractivity contribution in [2.75, 3.05) is 0 Å². The van der Waals surface area contributed by atoms with Crippen LogP contribution in [0.1, 0.15) is 5.56 Å². The van der Waals surface area contributed by atoms with Crippen molar-refractivity contribution >= 4 is 10.9 Å². The first-order valence-electron chi connectivity index (χ1n) is 7.98. The third kappa shape index (κ3) is 2.74. The summed E-state index contributed by atoms with van der Waals surface area (Å²) in [6.07, 6.45) is 3.21. The fourth-order valence-corrected chi connectivity index (χ4v) is 2.98. The predicted octanol–water partition coefficient (Wildman–Crippen LogP) is 3.59. The molecule has 0 unspecified atom stereocenters. The van der Waals surface area contributed by atoms with E-state index >= 15 is 0 Å². The van der Waals surface area contributed by atoms with Gasteiger partial charge in [0.1, 0.15) is 5.82 Å². The molecule has 2 aromatic carbocycles. The average molecular weight is 333 g/mol. The minimum atomic E-state index is -0.517. The third-order valence-corrected chi connectivity index (χ3v) is 4.33. The van der Waals surface area contributed by atoms with E-state index in [0.717, 1.165) is 16.5 Å². The SMILES string of the molecule is Cn1ccc(F)c(-c2ccc3cnn(Cc4ccccc4)c3c2)c1=O. The summed E-state index contributed by atoms with van der Waals surface area (Å²) in [5.41, 5.74) is 2.28. The van der Waals surface area contributed by atoms with Gasteiger partial charge in [-0.05, 0) is 23.3 Å². The zero-order valence-corrected chi connectivity index (χ0v) is 13.7. The van der Waals surface area contributed by atoms with Crippen LogP contribution in [0.4, 0.5) is 4.39 Å². The first-order valence-corrected chi connectivity index (χ1v) is 7.98. The van der Waals surface area contributed by atoms with Crippen LogP contribution in [0.2, 0.25) is 0 Å². The number of benzene rings is 2. The normalized spacial score (nSPS) is 11.1. The molecule has 0 radical (unpaired) electrons. The Morgan fingerprint density at radius 1 is 1.08 bits per heavy atom. The van der Waals surface area contributed by atoms with Gasteiger partial charge >= 0.3 is 0 Å². The Morgan fingerprint density at radius 3 is 2.68 bits per heavy atom. The van der Waals surface area contributed by atoms with Gasteiger partial charge in [-0.3, -0.25) is 9.48 Å². The number of aryl methyl sites for hydroxylation is 1. The molecule has 124 valence electrons. The zero-order chi connectivity index (χ0) is 17.4. The fraction of sp³-hybridized carbons (Fsp3) is 0.100. The monoisotopic (exact) mass is 333 g/mol. The summed E-state index contributed by atoms with van der Waals surface area (Å²) < 4.78 is 17.5. The van der Waals surface area contributed by atoms with Crippen LogP contribution in [0, 0.1) is 5.82 Å². The number of hydrogen-bond acceptors (Lipinski definition) is 2. The minimum absolute atomic E-state index is 0.0827. The average Bonchev–Trinajstić information content (AvgIpc) is 3.02. The molecule has 0 amide bonds. The first-order chi connectivity index (χ1) is 12.1. The summed E-state index contributed by atoms with van der Waals surface area (Å²) in [4.78, 5) is 12.3. The number of aromatic nitrogens is 3. The fourth-order valence-electron chi connectivity index (χ4n) is 2.98. The molecule has 0 atom stereocenters. The molecule has 4 nitrogen and oxygen atoms in total. The number of rotatable bonds is 3. The Labute approximate surface area is 143 Å². The maximum Gasteiger partial charge on any atom is 0.261 e. The quantitative estimate of drug-likeness (QED) is 0.575. The Hall–Kier alpha value is -3.21. The second-order valence-corrected chi connectivity index (χ2v) is 6.02. The third-order valence-electron chi connectivity index (χ3n) is 4.33. The van der Waals surface area contributed by atoms with Crippen molar-refractivity contribution in [2.24, 2.45) is 7.05 Å². The van der Waals surface area contributed by atoms with Crippen LogP contribution in [0.25, 0.3) is 22.0 Å². The molecule has 0 aliphatic carbocycles. The van der Waals surface area contributed by atoms with Crippen LogP contribution in [-0.2, 0) is 13.6 Å². The Kier molecular flexibility index (Phi) is 3.69. The highest BCUT2D eigenvalue weighted by Gasteiger charge is 2.13. The second-order valence-electron chi connectivity index (χ2n) is 6.02. The molecule has 4 aromatic rings. The van der Waals surface area contributed by atoms with Crippen molar-refractivity contribution in [3.05, 3.63) is 88.7 Å². The molecule has 0 bridgehead atoms. The van der Waals surface area contributed by atoms with Gasteiger partial charge in [0.2, 0.25) is 0 Å². The van der Waals surface area contributed by atoms with Gasteiger partial charge in [-0.2, -0.15) is 5.10 Å². The molecule has 4 rings (SSSR count). The summed E-state index contributed by atoms with van der Waals surface area (Å²) >= 11 is 0. The summed E-state index contributed by atoms with van der Waals surface area (Å²) in [5, 5.41) is 5.38. The highest BCUT2D eigenvalue weighted by molar-refractivity contribution is 5.84. The molecule has 5 heteroatoms. The van der Waals surface area contributed by atoms with E-state index in [-0.39, 0.29) is 11.1 Å². The van der Waals surface area contributed by atoms with E-state index in [1.165, 1.54) is 16.8 Å². The number of nitrogens with zero attached hydrogens (tertiary/aromatic N) is 3. The van der Waals surface area contributed by atoms with Crippen LogP contribution >= 0.6 is 0 Å². The van der Waals surface area contributed by atoms with E-state index in [1.807, 2.05) is 47.1 Å². The molecule has 0 saturated heterocycles. The van der Waals surface area contributed by atoms with E-state index in [9.17, 15) is 9.18 Å². The Bertz CT molecular complexity index is 1110. The summed E-state index contributed by atoms with van der Waals surface area (Å²) in [5.74, 6) is -0.517. The lowest BCUT2D eigenvalue weighted by molar-refractivity contribution is 0.621. The van der Waals surface area contributed by atoms with Crippen molar-refractivity contribution in [3.8, 4) is 11.1 Å². The van der Waals surface area contributed by atoms with E-state index < -0.39 is 5.82 Å². The molecule has 0 spiro atoms. The molecule has 2 aromatic heterocycles. The zero-order valence-electron chi connectivity index (χ0n) is 13.7. The topological polar surface area (TPSA) is 39.8 Å². The molecule has 25 heavy (non-hydrogen) atoms. The first kappa shape index (κ1) is 15.3. The lowest BCUT2D eigenvalue weighted by atomic mass is 10.1. The maximum absolute atomic E-state index is 14.3. The molecular weight excluding hydrogens is 317 g/mol. The largest absolute Gasteiger partial charge is 0.318 e. The van der Waals surface area contributed by atoms with Crippen LogP contribution in [0.15, 0.2) is 71.8 Å². The summed E-state index contributed by atoms with van der Waals surface area (Å²) in [6, 6.07) is 16.8. The van der Waals surface area contributed by atoms with E-state index in [1.54, 1.807) is 19.3 Å². The standard InChI is InChI=1S/C20H16FN3O/c1-23-10-9-17(21)19(20(23)25)15-7-8-16-12-22-24(18(16)11-15)13-14-5-3-2-4-6-14/h2-12H,13H2,1H3. The van der Waals surface area contributed by atoms with Gasteiger partial charge in [-0.25, -0.2) is 4.39 Å². The van der Waals surface area contributed by atoms with Crippen molar-refractivity contribution in [2.45, 2.75) is 6.54 Å². The molecule has 0 aliphatic heterocycles. The number of halogens is 1. The lowest BCUT2D eigenvalue weighted by Crippen LogP contribution is -2.19. The highest BCUT2D eigenvalue weighted by atomic mass is 19.1. The van der Waals surface area contributed by atoms with Crippen LogP contribution in [-0.4, -0.2) is 14.3 Å². The van der Waals surface area contributed by atoms with Gasteiger partial charge in [0.05, 0.1) is 23.8 Å². The lowest BCUT2D eigenvalue weighted by Gasteiger charge is -2.08. The predicted molar refractivity (Wildman–Crippen MR) is 95.9 cm³/mol. The van der Waals surface area contributed by atoms with E-state index in [2.05, 4.69) is 5.10 Å². The maximum atomic E-state index is 14.3. The number of pyridine rings is 1. The van der Waals surface area contributed by atoms with E-state index in [0.29, 0.717) is 12.1 Å². The van der Waals surface area contributed by atoms with E-state index in [4.69, 9.17) is 0 Å². The van der Waals surface area contributed by atoms with Crippen LogP contribution < -0.4 is 5.56 Å². The number of fused-ring (bicyclic) bond motifs is 1. The van der Waals surface area contributed by atoms with Gasteiger partial charge in [-0.15, -0.1) is 0 Å². The number of hydrogen-bond donors (Lipinski definition) is 0. The van der Waals surface area contributed by atoms with Crippen LogP contribution in [0.3, 0.4) is 0 Å². The summed E-state index contributed by atoms with van der Waals surface area (Å²) in [7, 11) is 1.61. The Morgan fingerprint density at radius 2 is 1.88 bits per heavy atom. The van der Waals surface area contributed by atoms with Crippen molar-refractivity contribution < 1.29 is 4.39 Å². The van der Waals surface area contributed by atoms with Gasteiger partial charge in [0.25, 0.3) is 5.56 Å². The molecule has 0 N–H and O–H groups in total. The molecule has 0 aliphatic rings. The summed E-state index contributed by atoms with van der Waals surface area (Å²) in [6.45, 7) is 0.614.